The first-order valence-electron chi connectivity index (χ1n) is 6.32. The van der Waals surface area contributed by atoms with E-state index in [-0.39, 0.29) is 0 Å². The van der Waals surface area contributed by atoms with Gasteiger partial charge in [0.25, 0.3) is 0 Å². The maximum Gasteiger partial charge on any atom is 0.127 e. The monoisotopic (exact) mass is 230 g/mol. The van der Waals surface area contributed by atoms with Gasteiger partial charge in [0.05, 0.1) is 17.8 Å². The summed E-state index contributed by atoms with van der Waals surface area (Å²) in [5.74, 6) is 1.17. The average Bonchev–Trinajstić information content (AvgIpc) is 2.95. The minimum Gasteiger partial charge on any atom is -0.324 e. The number of nitrogens with one attached hydrogen (secondary N) is 1. The quantitative estimate of drug-likeness (QED) is 0.861. The van der Waals surface area contributed by atoms with Crippen LogP contribution in [0, 0.1) is 0 Å². The maximum atomic E-state index is 4.75. The summed E-state index contributed by atoms with van der Waals surface area (Å²) in [6.45, 7) is 5.52. The van der Waals surface area contributed by atoms with Crippen LogP contribution < -0.4 is 5.32 Å². The topological polar surface area (TPSA) is 42.7 Å². The lowest BCUT2D eigenvalue weighted by Crippen LogP contribution is -2.19. The van der Waals surface area contributed by atoms with E-state index in [1.807, 2.05) is 12.4 Å². The maximum absolute atomic E-state index is 4.75. The van der Waals surface area contributed by atoms with Gasteiger partial charge in [0.15, 0.2) is 0 Å². The second kappa shape index (κ2) is 4.11. The van der Waals surface area contributed by atoms with Crippen molar-refractivity contribution in [2.75, 3.05) is 6.54 Å². The Hall–Kier alpha value is -1.42. The van der Waals surface area contributed by atoms with Crippen LogP contribution in [0.5, 0.6) is 0 Å². The van der Waals surface area contributed by atoms with Crippen molar-refractivity contribution in [3.05, 3.63) is 24.3 Å². The molecule has 2 aromatic heterocycles. The number of imidazole rings is 1. The molecular formula is C13H18N4. The van der Waals surface area contributed by atoms with Crippen LogP contribution >= 0.6 is 0 Å². The lowest BCUT2D eigenvalue weighted by atomic mass is 10.2. The summed E-state index contributed by atoms with van der Waals surface area (Å²) in [4.78, 5) is 8.91. The molecule has 1 fully saturated rings. The molecule has 1 aliphatic rings. The molecule has 4 heteroatoms. The van der Waals surface area contributed by atoms with Gasteiger partial charge in [0.1, 0.15) is 11.3 Å². The number of hydrogen-bond acceptors (Lipinski definition) is 3. The van der Waals surface area contributed by atoms with Gasteiger partial charge in [-0.3, -0.25) is 4.98 Å². The van der Waals surface area contributed by atoms with E-state index in [2.05, 4.69) is 34.8 Å². The van der Waals surface area contributed by atoms with Crippen LogP contribution in [0.15, 0.2) is 18.5 Å². The summed E-state index contributed by atoms with van der Waals surface area (Å²) in [5, 5.41) is 3.53. The lowest BCUT2D eigenvalue weighted by molar-refractivity contribution is 0.517. The third-order valence-electron chi connectivity index (χ3n) is 3.41. The van der Waals surface area contributed by atoms with Gasteiger partial charge in [0, 0.05) is 12.2 Å². The zero-order chi connectivity index (χ0) is 11.8. The number of pyridine rings is 1. The predicted octanol–water partition coefficient (Wildman–Crippen LogP) is 2.44. The summed E-state index contributed by atoms with van der Waals surface area (Å²) >= 11 is 0. The highest BCUT2D eigenvalue weighted by atomic mass is 15.1. The van der Waals surface area contributed by atoms with Crippen molar-refractivity contribution >= 4 is 11.0 Å². The Morgan fingerprint density at radius 3 is 3.06 bits per heavy atom. The number of hydrogen-bond donors (Lipinski definition) is 1. The molecule has 0 aliphatic carbocycles. The third-order valence-corrected chi connectivity index (χ3v) is 3.41. The zero-order valence-electron chi connectivity index (χ0n) is 10.3. The number of rotatable bonds is 2. The third kappa shape index (κ3) is 1.72. The first-order valence-corrected chi connectivity index (χ1v) is 6.32. The molecular weight excluding hydrogens is 212 g/mol. The van der Waals surface area contributed by atoms with E-state index in [0.717, 1.165) is 12.1 Å². The Labute approximate surface area is 101 Å². The Kier molecular flexibility index (Phi) is 2.59. The van der Waals surface area contributed by atoms with Gasteiger partial charge in [-0.25, -0.2) is 4.98 Å². The molecule has 0 unspecified atom stereocenters. The van der Waals surface area contributed by atoms with Gasteiger partial charge in [-0.05, 0) is 39.3 Å². The molecule has 1 aliphatic heterocycles. The Morgan fingerprint density at radius 1 is 1.47 bits per heavy atom. The second-order valence-corrected chi connectivity index (χ2v) is 4.95. The largest absolute Gasteiger partial charge is 0.324 e. The first kappa shape index (κ1) is 10.7. The molecule has 4 nitrogen and oxygen atoms in total. The molecule has 2 aromatic rings. The fourth-order valence-electron chi connectivity index (χ4n) is 2.66. The van der Waals surface area contributed by atoms with Crippen LogP contribution in [0.2, 0.25) is 0 Å². The molecule has 3 heterocycles. The van der Waals surface area contributed by atoms with E-state index < -0.39 is 0 Å². The molecule has 0 spiro atoms. The number of aromatic nitrogens is 3. The van der Waals surface area contributed by atoms with Crippen LogP contribution in [-0.4, -0.2) is 21.1 Å². The minimum absolute atomic E-state index is 0.407. The summed E-state index contributed by atoms with van der Waals surface area (Å²) in [6, 6.07) is 2.89. The summed E-state index contributed by atoms with van der Waals surface area (Å²) in [7, 11) is 0. The number of nitrogens with zero attached hydrogens (tertiary/aromatic N) is 3. The Bertz CT molecular complexity index is 523. The number of fused-ring (bicyclic) bond motifs is 1. The average molecular weight is 230 g/mol. The van der Waals surface area contributed by atoms with E-state index in [1.165, 1.54) is 24.2 Å². The van der Waals surface area contributed by atoms with Gasteiger partial charge in [-0.15, -0.1) is 0 Å². The normalized spacial score (nSPS) is 20.5. The Balaban J connectivity index is 2.18. The molecule has 0 radical (unpaired) electrons. The molecule has 3 rings (SSSR count). The molecule has 0 bridgehead atoms. The van der Waals surface area contributed by atoms with Crippen molar-refractivity contribution in [3.8, 4) is 0 Å². The van der Waals surface area contributed by atoms with Crippen molar-refractivity contribution in [2.45, 2.75) is 38.8 Å². The smallest absolute Gasteiger partial charge is 0.127 e. The lowest BCUT2D eigenvalue weighted by Gasteiger charge is -2.17. The van der Waals surface area contributed by atoms with Crippen LogP contribution in [-0.2, 0) is 0 Å². The van der Waals surface area contributed by atoms with E-state index in [4.69, 9.17) is 4.98 Å². The fourth-order valence-corrected chi connectivity index (χ4v) is 2.66. The van der Waals surface area contributed by atoms with E-state index >= 15 is 0 Å². The van der Waals surface area contributed by atoms with Gasteiger partial charge in [0.2, 0.25) is 0 Å². The molecule has 0 saturated carbocycles. The van der Waals surface area contributed by atoms with Gasteiger partial charge in [-0.1, -0.05) is 0 Å². The molecule has 0 amide bonds. The van der Waals surface area contributed by atoms with Gasteiger partial charge < -0.3 is 9.88 Å². The van der Waals surface area contributed by atoms with Crippen LogP contribution in [0.4, 0.5) is 0 Å². The first-order chi connectivity index (χ1) is 8.27. The van der Waals surface area contributed by atoms with E-state index in [9.17, 15) is 0 Å². The predicted molar refractivity (Wildman–Crippen MR) is 67.9 cm³/mol. The van der Waals surface area contributed by atoms with Crippen LogP contribution in [0.25, 0.3) is 11.0 Å². The van der Waals surface area contributed by atoms with Crippen molar-refractivity contribution in [1.29, 1.82) is 0 Å². The van der Waals surface area contributed by atoms with Crippen LogP contribution in [0.1, 0.15) is 44.6 Å². The summed E-state index contributed by atoms with van der Waals surface area (Å²) < 4.78 is 2.33. The highest BCUT2D eigenvalue weighted by Crippen LogP contribution is 2.28. The van der Waals surface area contributed by atoms with E-state index in [0.29, 0.717) is 12.1 Å². The molecule has 0 aromatic carbocycles. The van der Waals surface area contributed by atoms with Gasteiger partial charge in [-0.2, -0.15) is 0 Å². The van der Waals surface area contributed by atoms with Crippen molar-refractivity contribution in [1.82, 2.24) is 19.9 Å². The minimum atomic E-state index is 0.407. The standard InChI is InChI=1S/C13H18N4/c1-9(2)17-12-5-7-14-8-11(12)16-13(17)10-4-3-6-15-10/h5,7-10,15H,3-4,6H2,1-2H3/t10-/m0/s1. The van der Waals surface area contributed by atoms with Crippen molar-refractivity contribution < 1.29 is 0 Å². The fraction of sp³-hybridized carbons (Fsp3) is 0.538. The molecule has 90 valence electrons. The van der Waals surface area contributed by atoms with Crippen molar-refractivity contribution in [2.24, 2.45) is 0 Å². The molecule has 1 atom stereocenters. The zero-order valence-corrected chi connectivity index (χ0v) is 10.3. The highest BCUT2D eigenvalue weighted by molar-refractivity contribution is 5.75. The summed E-state index contributed by atoms with van der Waals surface area (Å²) in [6.07, 6.45) is 6.12. The van der Waals surface area contributed by atoms with Crippen molar-refractivity contribution in [3.63, 3.8) is 0 Å². The highest BCUT2D eigenvalue weighted by Gasteiger charge is 2.24. The SMILES string of the molecule is CC(C)n1c([C@@H]2CCCN2)nc2cnccc21. The summed E-state index contributed by atoms with van der Waals surface area (Å²) in [5.41, 5.74) is 2.20. The Morgan fingerprint density at radius 2 is 2.35 bits per heavy atom. The van der Waals surface area contributed by atoms with Gasteiger partial charge >= 0.3 is 0 Å². The molecule has 1 N–H and O–H groups in total. The molecule has 1 saturated heterocycles. The second-order valence-electron chi connectivity index (χ2n) is 4.95. The molecule has 17 heavy (non-hydrogen) atoms. The van der Waals surface area contributed by atoms with E-state index in [1.54, 1.807) is 0 Å². The van der Waals surface area contributed by atoms with Crippen LogP contribution in [0.3, 0.4) is 0 Å².